The number of ether oxygens (including phenoxy) is 2. The monoisotopic (exact) mass is 555 g/mol. The van der Waals surface area contributed by atoms with E-state index in [4.69, 9.17) is 9.47 Å². The summed E-state index contributed by atoms with van der Waals surface area (Å²) in [6, 6.07) is 0. The third-order valence-corrected chi connectivity index (χ3v) is 7.93. The van der Waals surface area contributed by atoms with Crippen LogP contribution in [-0.2, 0) is 14.3 Å². The fourth-order valence-electron chi connectivity index (χ4n) is 5.25. The number of aliphatic hydroxyl groups is 1. The number of carbonyl (C=O) groups is 1. The molecule has 0 bridgehead atoms. The molecular weight excluding hydrogens is 484 g/mol. The van der Waals surface area contributed by atoms with Crippen LogP contribution < -0.4 is 0 Å². The zero-order valence-electron chi connectivity index (χ0n) is 26.7. The Balaban J connectivity index is 3.18. The van der Waals surface area contributed by atoms with Crippen molar-refractivity contribution >= 4 is 5.97 Å². The van der Waals surface area contributed by atoms with E-state index in [0.717, 1.165) is 19.3 Å². The molecule has 1 atom stereocenters. The molecule has 0 aromatic heterocycles. The number of rotatable bonds is 33. The molecule has 0 spiro atoms. The van der Waals surface area contributed by atoms with Gasteiger partial charge in [0.05, 0.1) is 13.2 Å². The van der Waals surface area contributed by atoms with Crippen molar-refractivity contribution in [2.45, 2.75) is 200 Å². The molecule has 0 saturated carbocycles. The Hall–Kier alpha value is -0.610. The van der Waals surface area contributed by atoms with Crippen LogP contribution in [0.3, 0.4) is 0 Å². The van der Waals surface area contributed by atoms with Crippen LogP contribution >= 0.6 is 0 Å². The van der Waals surface area contributed by atoms with Crippen molar-refractivity contribution in [2.75, 3.05) is 19.8 Å². The van der Waals surface area contributed by atoms with Gasteiger partial charge in [0.15, 0.2) is 0 Å². The van der Waals surface area contributed by atoms with Crippen molar-refractivity contribution in [3.63, 3.8) is 0 Å². The fourth-order valence-corrected chi connectivity index (χ4v) is 5.25. The van der Waals surface area contributed by atoms with Crippen LogP contribution in [0.5, 0.6) is 0 Å². The lowest BCUT2D eigenvalue weighted by Crippen LogP contribution is -2.27. The Morgan fingerprint density at radius 2 is 0.846 bits per heavy atom. The fraction of sp³-hybridized carbons (Fsp3) is 0.971. The largest absolute Gasteiger partial charge is 0.457 e. The molecule has 1 unspecified atom stereocenters. The number of carbonyl (C=O) groups excluding carboxylic acids is 1. The molecule has 0 amide bonds. The minimum Gasteiger partial charge on any atom is -0.457 e. The first-order valence-corrected chi connectivity index (χ1v) is 17.6. The van der Waals surface area contributed by atoms with Gasteiger partial charge in [-0.1, -0.05) is 174 Å². The van der Waals surface area contributed by atoms with Gasteiger partial charge in [-0.25, -0.2) is 0 Å². The van der Waals surface area contributed by atoms with E-state index >= 15 is 0 Å². The second-order valence-corrected chi connectivity index (χ2v) is 12.0. The highest BCUT2D eigenvalue weighted by molar-refractivity contribution is 5.69. The van der Waals surface area contributed by atoms with Gasteiger partial charge < -0.3 is 14.6 Å². The van der Waals surface area contributed by atoms with E-state index in [9.17, 15) is 9.90 Å². The topological polar surface area (TPSA) is 55.8 Å². The Morgan fingerprint density at radius 1 is 0.513 bits per heavy atom. The third-order valence-electron chi connectivity index (χ3n) is 7.93. The summed E-state index contributed by atoms with van der Waals surface area (Å²) in [4.78, 5) is 11.6. The van der Waals surface area contributed by atoms with Crippen molar-refractivity contribution < 1.29 is 19.4 Å². The van der Waals surface area contributed by atoms with Gasteiger partial charge in [0, 0.05) is 13.0 Å². The smallest absolute Gasteiger partial charge is 0.306 e. The summed E-state index contributed by atoms with van der Waals surface area (Å²) in [6.07, 6.45) is 36.7. The summed E-state index contributed by atoms with van der Waals surface area (Å²) in [5.74, 6) is -0.232. The zero-order chi connectivity index (χ0) is 28.5. The highest BCUT2D eigenvalue weighted by atomic mass is 16.6. The van der Waals surface area contributed by atoms with Crippen LogP contribution in [0.1, 0.15) is 194 Å². The van der Waals surface area contributed by atoms with E-state index in [1.807, 2.05) is 6.92 Å². The van der Waals surface area contributed by atoms with Crippen molar-refractivity contribution in [1.29, 1.82) is 0 Å². The lowest BCUT2D eigenvalue weighted by atomic mass is 10.0. The van der Waals surface area contributed by atoms with Gasteiger partial charge >= 0.3 is 5.97 Å². The van der Waals surface area contributed by atoms with Crippen LogP contribution in [0.4, 0.5) is 0 Å². The van der Waals surface area contributed by atoms with E-state index in [2.05, 4.69) is 6.92 Å². The molecule has 39 heavy (non-hydrogen) atoms. The number of unbranched alkanes of at least 4 members (excludes halogenated alkanes) is 25. The standard InChI is InChI=1S/C35H70O4/c1-3-5-7-8-9-10-11-12-13-14-15-16-17-18-19-20-21-22-23-24-25-26-27-28-29-31-38-33-34(32-36)39-35(37)30-6-4-2/h34,36H,3-33H2,1-2H3. The van der Waals surface area contributed by atoms with E-state index < -0.39 is 6.10 Å². The summed E-state index contributed by atoms with van der Waals surface area (Å²) in [5, 5.41) is 9.34. The first kappa shape index (κ1) is 38.4. The molecule has 234 valence electrons. The molecule has 0 rings (SSSR count). The summed E-state index contributed by atoms with van der Waals surface area (Å²) in [7, 11) is 0. The van der Waals surface area contributed by atoms with Crippen LogP contribution in [0.15, 0.2) is 0 Å². The van der Waals surface area contributed by atoms with Gasteiger partial charge in [0.2, 0.25) is 0 Å². The first-order chi connectivity index (χ1) is 19.2. The third kappa shape index (κ3) is 31.8. The molecule has 4 nitrogen and oxygen atoms in total. The van der Waals surface area contributed by atoms with E-state index in [-0.39, 0.29) is 12.6 Å². The van der Waals surface area contributed by atoms with Gasteiger partial charge in [-0.15, -0.1) is 0 Å². The van der Waals surface area contributed by atoms with E-state index in [0.29, 0.717) is 19.6 Å². The van der Waals surface area contributed by atoms with E-state index in [1.54, 1.807) is 0 Å². The highest BCUT2D eigenvalue weighted by Gasteiger charge is 2.13. The molecule has 1 N–H and O–H groups in total. The molecule has 0 aliphatic rings. The maximum atomic E-state index is 11.6. The van der Waals surface area contributed by atoms with Crippen LogP contribution in [0.25, 0.3) is 0 Å². The van der Waals surface area contributed by atoms with Gasteiger partial charge in [-0.3, -0.25) is 4.79 Å². The van der Waals surface area contributed by atoms with Crippen LogP contribution in [-0.4, -0.2) is 37.0 Å². The van der Waals surface area contributed by atoms with Crippen LogP contribution in [0, 0.1) is 0 Å². The molecule has 0 radical (unpaired) electrons. The maximum Gasteiger partial charge on any atom is 0.306 e. The highest BCUT2D eigenvalue weighted by Crippen LogP contribution is 2.16. The molecule has 0 saturated heterocycles. The van der Waals surface area contributed by atoms with Crippen molar-refractivity contribution in [3.05, 3.63) is 0 Å². The molecule has 0 heterocycles. The number of aliphatic hydroxyl groups excluding tert-OH is 1. The van der Waals surface area contributed by atoms with Crippen molar-refractivity contribution in [3.8, 4) is 0 Å². The van der Waals surface area contributed by atoms with Gasteiger partial charge in [0.1, 0.15) is 6.10 Å². The van der Waals surface area contributed by atoms with Crippen molar-refractivity contribution in [1.82, 2.24) is 0 Å². The average Bonchev–Trinajstić information content (AvgIpc) is 2.95. The molecule has 0 fully saturated rings. The minimum absolute atomic E-state index is 0.169. The average molecular weight is 555 g/mol. The number of hydrogen-bond acceptors (Lipinski definition) is 4. The maximum absolute atomic E-state index is 11.6. The first-order valence-electron chi connectivity index (χ1n) is 17.6. The van der Waals surface area contributed by atoms with Crippen molar-refractivity contribution in [2.24, 2.45) is 0 Å². The molecule has 0 aliphatic carbocycles. The Morgan fingerprint density at radius 3 is 1.18 bits per heavy atom. The zero-order valence-corrected chi connectivity index (χ0v) is 26.7. The normalized spacial score (nSPS) is 12.2. The molecular formula is C35H70O4. The quantitative estimate of drug-likeness (QED) is 0.0647. The lowest BCUT2D eigenvalue weighted by molar-refractivity contribution is -0.154. The molecule has 4 heteroatoms. The number of esters is 1. The lowest BCUT2D eigenvalue weighted by Gasteiger charge is -2.15. The van der Waals surface area contributed by atoms with Crippen LogP contribution in [0.2, 0.25) is 0 Å². The summed E-state index contributed by atoms with van der Waals surface area (Å²) in [5.41, 5.74) is 0. The second-order valence-electron chi connectivity index (χ2n) is 12.0. The molecule has 0 aromatic rings. The minimum atomic E-state index is -0.520. The molecule has 0 aromatic carbocycles. The Bertz CT molecular complexity index is 468. The summed E-state index contributed by atoms with van der Waals surface area (Å²) >= 11 is 0. The molecule has 0 aliphatic heterocycles. The van der Waals surface area contributed by atoms with Gasteiger partial charge in [0.25, 0.3) is 0 Å². The second kappa shape index (κ2) is 33.6. The van der Waals surface area contributed by atoms with E-state index in [1.165, 1.54) is 154 Å². The Kier molecular flexibility index (Phi) is 33.1. The van der Waals surface area contributed by atoms with Gasteiger partial charge in [-0.2, -0.15) is 0 Å². The summed E-state index contributed by atoms with van der Waals surface area (Å²) < 4.78 is 10.9. The Labute approximate surface area is 244 Å². The predicted octanol–water partition coefficient (Wildman–Crippen LogP) is 10.9. The number of hydrogen-bond donors (Lipinski definition) is 1. The SMILES string of the molecule is CCCCCCCCCCCCCCCCCCCCCCCCCCCOCC(CO)OC(=O)CCCC. The summed E-state index contributed by atoms with van der Waals surface area (Å²) in [6.45, 7) is 5.15. The van der Waals surface area contributed by atoms with Gasteiger partial charge in [-0.05, 0) is 12.8 Å². The predicted molar refractivity (Wildman–Crippen MR) is 168 cm³/mol.